The number of fused-ring (bicyclic) bond motifs is 1. The fraction of sp³-hybridized carbons (Fsp3) is 0.333. The standard InChI is InChI=1S/C18H22N2S/c1-14(2)11-19-12-16-6-3-5-15-8-9-20(18(15)16)13-17-7-4-10-21-17/h3-10,14,19H,11-13H2,1-2H3. The third-order valence-electron chi connectivity index (χ3n) is 3.65. The van der Waals surface area contributed by atoms with Gasteiger partial charge in [-0.25, -0.2) is 0 Å². The minimum absolute atomic E-state index is 0.683. The van der Waals surface area contributed by atoms with Crippen LogP contribution in [0.5, 0.6) is 0 Å². The second kappa shape index (κ2) is 6.46. The van der Waals surface area contributed by atoms with Gasteiger partial charge in [0.15, 0.2) is 0 Å². The van der Waals surface area contributed by atoms with E-state index >= 15 is 0 Å². The summed E-state index contributed by atoms with van der Waals surface area (Å²) in [5.74, 6) is 0.683. The molecule has 1 N–H and O–H groups in total. The fourth-order valence-electron chi connectivity index (χ4n) is 2.68. The van der Waals surface area contributed by atoms with Gasteiger partial charge in [0.2, 0.25) is 0 Å². The molecule has 3 rings (SSSR count). The summed E-state index contributed by atoms with van der Waals surface area (Å²) >= 11 is 1.82. The van der Waals surface area contributed by atoms with Gasteiger partial charge in [-0.3, -0.25) is 0 Å². The van der Waals surface area contributed by atoms with Crippen molar-refractivity contribution in [3.05, 3.63) is 58.4 Å². The average molecular weight is 298 g/mol. The highest BCUT2D eigenvalue weighted by Gasteiger charge is 2.07. The van der Waals surface area contributed by atoms with Crippen LogP contribution in [-0.2, 0) is 13.1 Å². The maximum Gasteiger partial charge on any atom is 0.0569 e. The van der Waals surface area contributed by atoms with Crippen LogP contribution in [0.3, 0.4) is 0 Å². The summed E-state index contributed by atoms with van der Waals surface area (Å²) in [6.07, 6.45) is 2.20. The molecule has 0 unspecified atom stereocenters. The average Bonchev–Trinajstić information content (AvgIpc) is 3.10. The van der Waals surface area contributed by atoms with E-state index in [9.17, 15) is 0 Å². The zero-order valence-electron chi connectivity index (χ0n) is 12.7. The van der Waals surface area contributed by atoms with E-state index in [4.69, 9.17) is 0 Å². The zero-order valence-corrected chi connectivity index (χ0v) is 13.5. The van der Waals surface area contributed by atoms with Gasteiger partial charge in [0.25, 0.3) is 0 Å². The van der Waals surface area contributed by atoms with E-state index in [1.54, 1.807) is 0 Å². The zero-order chi connectivity index (χ0) is 14.7. The van der Waals surface area contributed by atoms with E-state index in [2.05, 4.69) is 71.7 Å². The summed E-state index contributed by atoms with van der Waals surface area (Å²) in [6.45, 7) is 7.44. The van der Waals surface area contributed by atoms with Crippen LogP contribution in [-0.4, -0.2) is 11.1 Å². The molecule has 110 valence electrons. The summed E-state index contributed by atoms with van der Waals surface area (Å²) < 4.78 is 2.37. The van der Waals surface area contributed by atoms with Gasteiger partial charge >= 0.3 is 0 Å². The van der Waals surface area contributed by atoms with Gasteiger partial charge in [0.1, 0.15) is 0 Å². The van der Waals surface area contributed by atoms with Crippen molar-refractivity contribution in [1.29, 1.82) is 0 Å². The van der Waals surface area contributed by atoms with Crippen LogP contribution in [0.15, 0.2) is 48.0 Å². The maximum absolute atomic E-state index is 3.56. The molecule has 0 saturated heterocycles. The van der Waals surface area contributed by atoms with Crippen LogP contribution in [0.2, 0.25) is 0 Å². The van der Waals surface area contributed by atoms with Crippen LogP contribution in [0.4, 0.5) is 0 Å². The summed E-state index contributed by atoms with van der Waals surface area (Å²) in [7, 11) is 0. The molecule has 0 atom stereocenters. The molecule has 1 aromatic carbocycles. The summed E-state index contributed by atoms with van der Waals surface area (Å²) in [6, 6.07) is 13.1. The van der Waals surface area contributed by atoms with Gasteiger partial charge in [-0.05, 0) is 40.9 Å². The fourth-order valence-corrected chi connectivity index (χ4v) is 3.38. The molecule has 0 saturated carbocycles. The van der Waals surface area contributed by atoms with Gasteiger partial charge in [0, 0.05) is 17.6 Å². The SMILES string of the molecule is CC(C)CNCc1cccc2ccn(Cc3cccs3)c12. The highest BCUT2D eigenvalue weighted by Crippen LogP contribution is 2.22. The van der Waals surface area contributed by atoms with E-state index in [0.29, 0.717) is 5.92 Å². The molecular formula is C18H22N2S. The summed E-state index contributed by atoms with van der Waals surface area (Å²) in [4.78, 5) is 1.40. The molecule has 21 heavy (non-hydrogen) atoms. The first kappa shape index (κ1) is 14.4. The van der Waals surface area contributed by atoms with Crippen molar-refractivity contribution >= 4 is 22.2 Å². The molecule has 0 bridgehead atoms. The normalized spacial score (nSPS) is 11.6. The van der Waals surface area contributed by atoms with E-state index in [0.717, 1.165) is 19.6 Å². The first-order chi connectivity index (χ1) is 10.2. The predicted octanol–water partition coefficient (Wildman–Crippen LogP) is 4.50. The predicted molar refractivity (Wildman–Crippen MR) is 91.9 cm³/mol. The minimum Gasteiger partial charge on any atom is -0.342 e. The molecule has 0 aliphatic carbocycles. The Labute approximate surface area is 130 Å². The van der Waals surface area contributed by atoms with Gasteiger partial charge < -0.3 is 9.88 Å². The lowest BCUT2D eigenvalue weighted by Crippen LogP contribution is -2.19. The second-order valence-electron chi connectivity index (χ2n) is 5.90. The molecule has 0 fully saturated rings. The van der Waals surface area contributed by atoms with E-state index in [1.807, 2.05) is 11.3 Å². The number of para-hydroxylation sites is 1. The Hall–Kier alpha value is -1.58. The van der Waals surface area contributed by atoms with E-state index < -0.39 is 0 Å². The van der Waals surface area contributed by atoms with Crippen LogP contribution in [0, 0.1) is 5.92 Å². The number of aromatic nitrogens is 1. The first-order valence-corrected chi connectivity index (χ1v) is 8.42. The molecule has 2 aromatic heterocycles. The lowest BCUT2D eigenvalue weighted by molar-refractivity contribution is 0.553. The van der Waals surface area contributed by atoms with Crippen LogP contribution in [0.1, 0.15) is 24.3 Å². The van der Waals surface area contributed by atoms with Crippen molar-refractivity contribution in [3.8, 4) is 0 Å². The van der Waals surface area contributed by atoms with Gasteiger partial charge in [-0.2, -0.15) is 0 Å². The smallest absolute Gasteiger partial charge is 0.0569 e. The Balaban J connectivity index is 1.87. The molecule has 2 nitrogen and oxygen atoms in total. The molecule has 0 spiro atoms. The van der Waals surface area contributed by atoms with Crippen molar-refractivity contribution in [3.63, 3.8) is 0 Å². The van der Waals surface area contributed by atoms with Crippen molar-refractivity contribution in [1.82, 2.24) is 9.88 Å². The Morgan fingerprint density at radius 1 is 1.14 bits per heavy atom. The lowest BCUT2D eigenvalue weighted by Gasteiger charge is -2.11. The summed E-state index contributed by atoms with van der Waals surface area (Å²) in [5, 5.41) is 7.03. The molecule has 2 heterocycles. The molecule has 0 aliphatic rings. The number of nitrogens with zero attached hydrogens (tertiary/aromatic N) is 1. The van der Waals surface area contributed by atoms with Crippen LogP contribution < -0.4 is 5.32 Å². The van der Waals surface area contributed by atoms with Gasteiger partial charge in [0.05, 0.1) is 12.1 Å². The Bertz CT molecular complexity index is 695. The van der Waals surface area contributed by atoms with E-state index in [1.165, 1.54) is 21.3 Å². The Kier molecular flexibility index (Phi) is 4.42. The van der Waals surface area contributed by atoms with Crippen molar-refractivity contribution in [2.24, 2.45) is 5.92 Å². The lowest BCUT2D eigenvalue weighted by atomic mass is 10.1. The number of rotatable bonds is 6. The molecule has 0 radical (unpaired) electrons. The first-order valence-electron chi connectivity index (χ1n) is 7.54. The minimum atomic E-state index is 0.683. The number of hydrogen-bond donors (Lipinski definition) is 1. The van der Waals surface area contributed by atoms with Crippen molar-refractivity contribution < 1.29 is 0 Å². The Morgan fingerprint density at radius 2 is 2.05 bits per heavy atom. The second-order valence-corrected chi connectivity index (χ2v) is 6.93. The number of hydrogen-bond acceptors (Lipinski definition) is 2. The number of nitrogens with one attached hydrogen (secondary N) is 1. The third-order valence-corrected chi connectivity index (χ3v) is 4.51. The molecule has 3 aromatic rings. The summed E-state index contributed by atoms with van der Waals surface area (Å²) in [5.41, 5.74) is 2.75. The molecule has 0 aliphatic heterocycles. The number of thiophene rings is 1. The van der Waals surface area contributed by atoms with Crippen molar-refractivity contribution in [2.75, 3.05) is 6.54 Å². The quantitative estimate of drug-likeness (QED) is 0.709. The largest absolute Gasteiger partial charge is 0.342 e. The topological polar surface area (TPSA) is 17.0 Å². The highest BCUT2D eigenvalue weighted by molar-refractivity contribution is 7.09. The molecular weight excluding hydrogens is 276 g/mol. The third kappa shape index (κ3) is 3.36. The van der Waals surface area contributed by atoms with Gasteiger partial charge in [-0.15, -0.1) is 11.3 Å². The maximum atomic E-state index is 3.56. The van der Waals surface area contributed by atoms with Crippen LogP contribution in [0.25, 0.3) is 10.9 Å². The molecule has 3 heteroatoms. The molecule has 0 amide bonds. The Morgan fingerprint density at radius 3 is 2.81 bits per heavy atom. The van der Waals surface area contributed by atoms with Gasteiger partial charge in [-0.1, -0.05) is 38.1 Å². The van der Waals surface area contributed by atoms with Crippen LogP contribution >= 0.6 is 11.3 Å². The number of benzene rings is 1. The van der Waals surface area contributed by atoms with E-state index in [-0.39, 0.29) is 0 Å². The monoisotopic (exact) mass is 298 g/mol. The van der Waals surface area contributed by atoms with Crippen molar-refractivity contribution in [2.45, 2.75) is 26.9 Å². The highest BCUT2D eigenvalue weighted by atomic mass is 32.1.